The summed E-state index contributed by atoms with van der Waals surface area (Å²) >= 11 is 0. The predicted molar refractivity (Wildman–Crippen MR) is 137 cm³/mol. The van der Waals surface area contributed by atoms with Gasteiger partial charge in [-0.25, -0.2) is 0 Å². The Morgan fingerprint density at radius 2 is 1.29 bits per heavy atom. The van der Waals surface area contributed by atoms with Crippen molar-refractivity contribution in [2.45, 2.75) is 26.7 Å². The minimum atomic E-state index is -0.212. The van der Waals surface area contributed by atoms with E-state index in [1.807, 2.05) is 56.3 Å². The quantitative estimate of drug-likeness (QED) is 0.347. The van der Waals surface area contributed by atoms with Gasteiger partial charge in [0.1, 0.15) is 0 Å². The van der Waals surface area contributed by atoms with Crippen molar-refractivity contribution in [1.29, 1.82) is 0 Å². The zero-order chi connectivity index (χ0) is 24.3. The van der Waals surface area contributed by atoms with E-state index < -0.39 is 0 Å². The second kappa shape index (κ2) is 12.2. The van der Waals surface area contributed by atoms with E-state index in [2.05, 4.69) is 21.3 Å². The number of nitrogens with one attached hydrogen (secondary N) is 4. The molecule has 0 saturated carbocycles. The van der Waals surface area contributed by atoms with E-state index in [9.17, 15) is 14.4 Å². The lowest BCUT2D eigenvalue weighted by Crippen LogP contribution is -2.22. The van der Waals surface area contributed by atoms with Crippen molar-refractivity contribution in [2.24, 2.45) is 5.92 Å². The molecule has 0 aliphatic rings. The highest BCUT2D eigenvalue weighted by molar-refractivity contribution is 5.95. The van der Waals surface area contributed by atoms with Crippen LogP contribution >= 0.6 is 0 Å². The molecule has 0 aromatic heterocycles. The second-order valence-corrected chi connectivity index (χ2v) is 8.24. The van der Waals surface area contributed by atoms with Gasteiger partial charge in [-0.1, -0.05) is 50.2 Å². The molecule has 0 saturated heterocycles. The summed E-state index contributed by atoms with van der Waals surface area (Å²) in [6.45, 7) is 3.72. The van der Waals surface area contributed by atoms with Crippen molar-refractivity contribution in [3.8, 4) is 0 Å². The van der Waals surface area contributed by atoms with E-state index >= 15 is 0 Å². The molecule has 0 aliphatic carbocycles. The van der Waals surface area contributed by atoms with Gasteiger partial charge in [-0.2, -0.15) is 0 Å². The number of carbonyl (C=O) groups is 3. The maximum Gasteiger partial charge on any atom is 0.243 e. The van der Waals surface area contributed by atoms with E-state index in [0.29, 0.717) is 29.9 Å². The average molecular weight is 459 g/mol. The molecule has 0 atom stereocenters. The summed E-state index contributed by atoms with van der Waals surface area (Å²) in [6.07, 6.45) is 1.08. The van der Waals surface area contributed by atoms with Crippen molar-refractivity contribution in [1.82, 2.24) is 0 Å². The fourth-order valence-corrected chi connectivity index (χ4v) is 3.14. The molecule has 0 heterocycles. The summed E-state index contributed by atoms with van der Waals surface area (Å²) in [5, 5.41) is 11.6. The number of amides is 3. The Kier molecular flexibility index (Phi) is 8.80. The highest BCUT2D eigenvalue weighted by Crippen LogP contribution is 2.17. The number of hydrogen-bond acceptors (Lipinski definition) is 4. The van der Waals surface area contributed by atoms with Crippen molar-refractivity contribution >= 4 is 40.5 Å². The molecule has 3 amide bonds. The molecular formula is C27H30N4O3. The standard InChI is InChI=1S/C27H30N4O3/c1-19(2)27(34)31-24-10-6-9-23(17-24)28-18-26(33)30-22-14-12-21(13-15-22)29-25(32)16-11-20-7-4-3-5-8-20/h3-10,12-15,17,19,28H,11,16,18H2,1-2H3,(H,29,32)(H,30,33)(H,31,34). The molecule has 3 aromatic rings. The Balaban J connectivity index is 1.43. The third kappa shape index (κ3) is 8.09. The smallest absolute Gasteiger partial charge is 0.243 e. The summed E-state index contributed by atoms with van der Waals surface area (Å²) < 4.78 is 0. The highest BCUT2D eigenvalue weighted by Gasteiger charge is 2.08. The average Bonchev–Trinajstić information content (AvgIpc) is 2.83. The molecule has 34 heavy (non-hydrogen) atoms. The van der Waals surface area contributed by atoms with Gasteiger partial charge < -0.3 is 21.3 Å². The molecule has 7 nitrogen and oxygen atoms in total. The Morgan fingerprint density at radius 1 is 0.676 bits per heavy atom. The molecule has 0 unspecified atom stereocenters. The summed E-state index contributed by atoms with van der Waals surface area (Å²) in [6, 6.07) is 24.1. The minimum Gasteiger partial charge on any atom is -0.376 e. The maximum atomic E-state index is 12.3. The number of carbonyl (C=O) groups excluding carboxylic acids is 3. The van der Waals surface area contributed by atoms with Gasteiger partial charge in [0, 0.05) is 35.1 Å². The van der Waals surface area contributed by atoms with Crippen LogP contribution in [0.15, 0.2) is 78.9 Å². The van der Waals surface area contributed by atoms with E-state index in [1.54, 1.807) is 36.4 Å². The summed E-state index contributed by atoms with van der Waals surface area (Å²) in [7, 11) is 0. The van der Waals surface area contributed by atoms with Crippen LogP contribution < -0.4 is 21.3 Å². The van der Waals surface area contributed by atoms with Crippen LogP contribution in [0.2, 0.25) is 0 Å². The molecule has 4 N–H and O–H groups in total. The first-order valence-corrected chi connectivity index (χ1v) is 11.3. The fraction of sp³-hybridized carbons (Fsp3) is 0.222. The van der Waals surface area contributed by atoms with Crippen LogP contribution in [0, 0.1) is 5.92 Å². The maximum absolute atomic E-state index is 12.3. The summed E-state index contributed by atoms with van der Waals surface area (Å²) in [4.78, 5) is 36.3. The first-order valence-electron chi connectivity index (χ1n) is 11.3. The van der Waals surface area contributed by atoms with Crippen LogP contribution in [0.25, 0.3) is 0 Å². The van der Waals surface area contributed by atoms with Crippen molar-refractivity contribution < 1.29 is 14.4 Å². The number of hydrogen-bond donors (Lipinski definition) is 4. The Bertz CT molecular complexity index is 1110. The third-order valence-electron chi connectivity index (χ3n) is 5.04. The van der Waals surface area contributed by atoms with Crippen LogP contribution in [-0.2, 0) is 20.8 Å². The van der Waals surface area contributed by atoms with Crippen LogP contribution in [0.3, 0.4) is 0 Å². The molecule has 176 valence electrons. The molecule has 0 aliphatic heterocycles. The Morgan fingerprint density at radius 3 is 1.94 bits per heavy atom. The molecule has 0 bridgehead atoms. The normalized spacial score (nSPS) is 10.4. The molecular weight excluding hydrogens is 428 g/mol. The zero-order valence-corrected chi connectivity index (χ0v) is 19.4. The van der Waals surface area contributed by atoms with Crippen molar-refractivity contribution in [3.63, 3.8) is 0 Å². The zero-order valence-electron chi connectivity index (χ0n) is 19.4. The molecule has 0 fully saturated rings. The highest BCUT2D eigenvalue weighted by atomic mass is 16.2. The number of aryl methyl sites for hydroxylation is 1. The first kappa shape index (κ1) is 24.5. The van der Waals surface area contributed by atoms with Crippen LogP contribution in [0.5, 0.6) is 0 Å². The van der Waals surface area contributed by atoms with E-state index in [-0.39, 0.29) is 30.2 Å². The van der Waals surface area contributed by atoms with Crippen molar-refractivity contribution in [3.05, 3.63) is 84.4 Å². The fourth-order valence-electron chi connectivity index (χ4n) is 3.14. The monoisotopic (exact) mass is 458 g/mol. The Hall–Kier alpha value is -4.13. The van der Waals surface area contributed by atoms with Crippen LogP contribution in [-0.4, -0.2) is 24.3 Å². The summed E-state index contributed by atoms with van der Waals surface area (Å²) in [5.41, 5.74) is 3.83. The van der Waals surface area contributed by atoms with Gasteiger partial charge in [0.25, 0.3) is 0 Å². The lowest BCUT2D eigenvalue weighted by Gasteiger charge is -2.11. The van der Waals surface area contributed by atoms with Gasteiger partial charge in [-0.3, -0.25) is 14.4 Å². The largest absolute Gasteiger partial charge is 0.376 e. The van der Waals surface area contributed by atoms with Gasteiger partial charge in [0.15, 0.2) is 0 Å². The second-order valence-electron chi connectivity index (χ2n) is 8.24. The molecule has 0 spiro atoms. The van der Waals surface area contributed by atoms with Gasteiger partial charge in [0.05, 0.1) is 6.54 Å². The summed E-state index contributed by atoms with van der Waals surface area (Å²) in [5.74, 6) is -0.449. The topological polar surface area (TPSA) is 99.3 Å². The van der Waals surface area contributed by atoms with Crippen molar-refractivity contribution in [2.75, 3.05) is 27.8 Å². The van der Waals surface area contributed by atoms with E-state index in [0.717, 1.165) is 11.3 Å². The molecule has 0 radical (unpaired) electrons. The van der Waals surface area contributed by atoms with E-state index in [1.165, 1.54) is 0 Å². The predicted octanol–water partition coefficient (Wildman–Crippen LogP) is 4.90. The number of rotatable bonds is 10. The van der Waals surface area contributed by atoms with E-state index in [4.69, 9.17) is 0 Å². The van der Waals surface area contributed by atoms with Gasteiger partial charge >= 0.3 is 0 Å². The minimum absolute atomic E-state index is 0.0587. The lowest BCUT2D eigenvalue weighted by molar-refractivity contribution is -0.119. The van der Waals surface area contributed by atoms with Gasteiger partial charge in [-0.05, 0) is 54.4 Å². The van der Waals surface area contributed by atoms with Crippen LogP contribution in [0.4, 0.5) is 22.7 Å². The third-order valence-corrected chi connectivity index (χ3v) is 5.04. The molecule has 3 aromatic carbocycles. The lowest BCUT2D eigenvalue weighted by atomic mass is 10.1. The first-order chi connectivity index (χ1) is 16.4. The molecule has 7 heteroatoms. The number of anilines is 4. The van der Waals surface area contributed by atoms with Crippen LogP contribution in [0.1, 0.15) is 25.8 Å². The SMILES string of the molecule is CC(C)C(=O)Nc1cccc(NCC(=O)Nc2ccc(NC(=O)CCc3ccccc3)cc2)c1. The Labute approximate surface area is 200 Å². The van der Waals surface area contributed by atoms with Gasteiger partial charge in [-0.15, -0.1) is 0 Å². The van der Waals surface area contributed by atoms with Gasteiger partial charge in [0.2, 0.25) is 17.7 Å². The number of benzene rings is 3. The molecule has 3 rings (SSSR count).